The minimum absolute atomic E-state index is 0.0169. The SMILES string of the molecule is COC(=O)CN1CC(NC(=O)C(C)(C)C)CC(C(C)O)C1. The summed E-state index contributed by atoms with van der Waals surface area (Å²) in [6, 6.07) is -0.0604. The van der Waals surface area contributed by atoms with Crippen LogP contribution in [0.2, 0.25) is 0 Å². The number of piperidine rings is 1. The van der Waals surface area contributed by atoms with Crippen LogP contribution in [-0.4, -0.2) is 60.8 Å². The molecule has 6 nitrogen and oxygen atoms in total. The summed E-state index contributed by atoms with van der Waals surface area (Å²) in [4.78, 5) is 25.5. The van der Waals surface area contributed by atoms with E-state index in [4.69, 9.17) is 0 Å². The first kappa shape index (κ1) is 17.9. The molecule has 1 rings (SSSR count). The van der Waals surface area contributed by atoms with Gasteiger partial charge >= 0.3 is 5.97 Å². The molecule has 1 aliphatic rings. The summed E-state index contributed by atoms with van der Waals surface area (Å²) in [5.74, 6) is -0.285. The lowest BCUT2D eigenvalue weighted by Crippen LogP contribution is -2.55. The summed E-state index contributed by atoms with van der Waals surface area (Å²) in [6.45, 7) is 8.75. The summed E-state index contributed by atoms with van der Waals surface area (Å²) in [7, 11) is 1.36. The van der Waals surface area contributed by atoms with Gasteiger partial charge in [0.15, 0.2) is 0 Å². The zero-order valence-electron chi connectivity index (χ0n) is 13.7. The Labute approximate surface area is 126 Å². The molecule has 1 fully saturated rings. The van der Waals surface area contributed by atoms with E-state index in [9.17, 15) is 14.7 Å². The van der Waals surface area contributed by atoms with Crippen LogP contribution in [0.3, 0.4) is 0 Å². The van der Waals surface area contributed by atoms with Crippen molar-refractivity contribution in [1.82, 2.24) is 10.2 Å². The van der Waals surface area contributed by atoms with E-state index in [0.717, 1.165) is 6.42 Å². The molecule has 0 aromatic rings. The highest BCUT2D eigenvalue weighted by Crippen LogP contribution is 2.22. The Morgan fingerprint density at radius 1 is 1.38 bits per heavy atom. The van der Waals surface area contributed by atoms with Crippen LogP contribution in [0.25, 0.3) is 0 Å². The highest BCUT2D eigenvalue weighted by molar-refractivity contribution is 5.81. The molecule has 0 aliphatic carbocycles. The van der Waals surface area contributed by atoms with Gasteiger partial charge < -0.3 is 15.2 Å². The van der Waals surface area contributed by atoms with Gasteiger partial charge in [-0.25, -0.2) is 0 Å². The summed E-state index contributed by atoms with van der Waals surface area (Å²) in [5, 5.41) is 12.9. The zero-order valence-corrected chi connectivity index (χ0v) is 13.7. The zero-order chi connectivity index (χ0) is 16.2. The fourth-order valence-electron chi connectivity index (χ4n) is 2.46. The molecule has 0 radical (unpaired) electrons. The molecular weight excluding hydrogens is 272 g/mol. The number of nitrogens with one attached hydrogen (secondary N) is 1. The average molecular weight is 300 g/mol. The van der Waals surface area contributed by atoms with Crippen molar-refractivity contribution in [3.05, 3.63) is 0 Å². The van der Waals surface area contributed by atoms with Crippen molar-refractivity contribution in [2.45, 2.75) is 46.3 Å². The maximum Gasteiger partial charge on any atom is 0.319 e. The molecule has 6 heteroatoms. The monoisotopic (exact) mass is 300 g/mol. The van der Waals surface area contributed by atoms with Crippen LogP contribution in [0.15, 0.2) is 0 Å². The van der Waals surface area contributed by atoms with Gasteiger partial charge in [0.25, 0.3) is 0 Å². The fraction of sp³-hybridized carbons (Fsp3) is 0.867. The second-order valence-corrected chi connectivity index (χ2v) is 6.93. The molecule has 0 aromatic carbocycles. The number of hydrogen-bond donors (Lipinski definition) is 2. The van der Waals surface area contributed by atoms with Gasteiger partial charge in [-0.3, -0.25) is 14.5 Å². The predicted octanol–water partition coefficient (Wildman–Crippen LogP) is 0.393. The van der Waals surface area contributed by atoms with Gasteiger partial charge in [0.05, 0.1) is 19.8 Å². The van der Waals surface area contributed by atoms with Gasteiger partial charge in [0, 0.05) is 24.5 Å². The highest BCUT2D eigenvalue weighted by atomic mass is 16.5. The van der Waals surface area contributed by atoms with E-state index in [1.807, 2.05) is 25.7 Å². The van der Waals surface area contributed by atoms with Crippen LogP contribution in [0.1, 0.15) is 34.1 Å². The number of aliphatic hydroxyl groups excluding tert-OH is 1. The lowest BCUT2D eigenvalue weighted by Gasteiger charge is -2.39. The number of likely N-dealkylation sites (tertiary alicyclic amines) is 1. The number of methoxy groups -OCH3 is 1. The number of carbonyl (C=O) groups is 2. The van der Waals surface area contributed by atoms with Crippen LogP contribution in [0, 0.1) is 11.3 Å². The third-order valence-corrected chi connectivity index (χ3v) is 3.84. The Morgan fingerprint density at radius 2 is 2.00 bits per heavy atom. The van der Waals surface area contributed by atoms with E-state index in [1.165, 1.54) is 7.11 Å². The molecule has 1 heterocycles. The predicted molar refractivity (Wildman–Crippen MR) is 79.6 cm³/mol. The Morgan fingerprint density at radius 3 is 2.48 bits per heavy atom. The number of esters is 1. The molecule has 21 heavy (non-hydrogen) atoms. The van der Waals surface area contributed by atoms with Crippen molar-refractivity contribution in [2.75, 3.05) is 26.7 Å². The first-order chi connectivity index (χ1) is 9.63. The normalized spacial score (nSPS) is 25.2. The molecule has 1 saturated heterocycles. The Bertz CT molecular complexity index is 376. The third kappa shape index (κ3) is 5.63. The van der Waals surface area contributed by atoms with Crippen molar-refractivity contribution in [1.29, 1.82) is 0 Å². The summed E-state index contributed by atoms with van der Waals surface area (Å²) in [6.07, 6.45) is 0.247. The lowest BCUT2D eigenvalue weighted by atomic mass is 9.88. The van der Waals surface area contributed by atoms with E-state index in [1.54, 1.807) is 6.92 Å². The summed E-state index contributed by atoms with van der Waals surface area (Å²) in [5.41, 5.74) is -0.453. The van der Waals surface area contributed by atoms with Gasteiger partial charge in [-0.1, -0.05) is 20.8 Å². The Hall–Kier alpha value is -1.14. The first-order valence-corrected chi connectivity index (χ1v) is 7.41. The summed E-state index contributed by atoms with van der Waals surface area (Å²) >= 11 is 0. The number of ether oxygens (including phenoxy) is 1. The molecule has 1 aliphatic heterocycles. The van der Waals surface area contributed by atoms with Gasteiger partial charge in [0.2, 0.25) is 5.91 Å². The van der Waals surface area contributed by atoms with Crippen LogP contribution in [0.4, 0.5) is 0 Å². The molecule has 0 aromatic heterocycles. The van der Waals surface area contributed by atoms with Crippen LogP contribution >= 0.6 is 0 Å². The van der Waals surface area contributed by atoms with Gasteiger partial charge in [-0.05, 0) is 19.3 Å². The van der Waals surface area contributed by atoms with Crippen LogP contribution in [0.5, 0.6) is 0 Å². The number of amides is 1. The summed E-state index contributed by atoms with van der Waals surface area (Å²) < 4.78 is 4.69. The molecule has 0 saturated carbocycles. The van der Waals surface area contributed by atoms with E-state index in [2.05, 4.69) is 10.1 Å². The maximum absolute atomic E-state index is 12.1. The van der Waals surface area contributed by atoms with Gasteiger partial charge in [0.1, 0.15) is 0 Å². The molecular formula is C15H28N2O4. The van der Waals surface area contributed by atoms with Crippen LogP contribution < -0.4 is 5.32 Å². The smallest absolute Gasteiger partial charge is 0.319 e. The fourth-order valence-corrected chi connectivity index (χ4v) is 2.46. The Kier molecular flexibility index (Phi) is 6.16. The average Bonchev–Trinajstić information content (AvgIpc) is 2.37. The van der Waals surface area contributed by atoms with Crippen LogP contribution in [-0.2, 0) is 14.3 Å². The largest absolute Gasteiger partial charge is 0.468 e. The number of hydrogen-bond acceptors (Lipinski definition) is 5. The van der Waals surface area contributed by atoms with E-state index in [0.29, 0.717) is 13.1 Å². The maximum atomic E-state index is 12.1. The van der Waals surface area contributed by atoms with E-state index < -0.39 is 11.5 Å². The Balaban J connectivity index is 2.70. The molecule has 1 amide bonds. The van der Waals surface area contributed by atoms with Crippen molar-refractivity contribution in [3.63, 3.8) is 0 Å². The quantitative estimate of drug-likeness (QED) is 0.735. The first-order valence-electron chi connectivity index (χ1n) is 7.41. The van der Waals surface area contributed by atoms with Crippen molar-refractivity contribution in [3.8, 4) is 0 Å². The number of rotatable bonds is 4. The molecule has 3 unspecified atom stereocenters. The molecule has 122 valence electrons. The molecule has 0 spiro atoms. The number of carbonyl (C=O) groups excluding carboxylic acids is 2. The highest BCUT2D eigenvalue weighted by Gasteiger charge is 2.33. The third-order valence-electron chi connectivity index (χ3n) is 3.84. The van der Waals surface area contributed by atoms with Crippen molar-refractivity contribution in [2.24, 2.45) is 11.3 Å². The minimum atomic E-state index is -0.473. The van der Waals surface area contributed by atoms with E-state index >= 15 is 0 Å². The van der Waals surface area contributed by atoms with E-state index in [-0.39, 0.29) is 30.4 Å². The topological polar surface area (TPSA) is 78.9 Å². The standard InChI is InChI=1S/C15H28N2O4/c1-10(18)11-6-12(16-14(20)15(2,3)4)8-17(7-11)9-13(19)21-5/h10-12,18H,6-9H2,1-5H3,(H,16,20). The molecule has 0 bridgehead atoms. The van der Waals surface area contributed by atoms with Gasteiger partial charge in [-0.15, -0.1) is 0 Å². The second-order valence-electron chi connectivity index (χ2n) is 6.93. The molecule has 3 atom stereocenters. The minimum Gasteiger partial charge on any atom is -0.468 e. The van der Waals surface area contributed by atoms with Gasteiger partial charge in [-0.2, -0.15) is 0 Å². The lowest BCUT2D eigenvalue weighted by molar-refractivity contribution is -0.142. The number of nitrogens with zero attached hydrogens (tertiary/aromatic N) is 1. The number of aliphatic hydroxyl groups is 1. The van der Waals surface area contributed by atoms with Crippen molar-refractivity contribution >= 4 is 11.9 Å². The molecule has 2 N–H and O–H groups in total. The second kappa shape index (κ2) is 7.22. The van der Waals surface area contributed by atoms with Crippen molar-refractivity contribution < 1.29 is 19.4 Å².